The van der Waals surface area contributed by atoms with E-state index in [9.17, 15) is 8.78 Å². The molecule has 1 fully saturated rings. The molecule has 0 radical (unpaired) electrons. The number of aromatic nitrogens is 1. The minimum absolute atomic E-state index is 0.171. The van der Waals surface area contributed by atoms with Gasteiger partial charge in [0.05, 0.1) is 0 Å². The van der Waals surface area contributed by atoms with Crippen molar-refractivity contribution in [3.05, 3.63) is 53.9 Å². The first kappa shape index (κ1) is 14.1. The molecule has 0 unspecified atom stereocenters. The molecule has 0 amide bonds. The lowest BCUT2D eigenvalue weighted by Gasteiger charge is -2.26. The second kappa shape index (κ2) is 6.31. The van der Waals surface area contributed by atoms with E-state index < -0.39 is 11.6 Å². The van der Waals surface area contributed by atoms with Gasteiger partial charge in [-0.25, -0.2) is 8.78 Å². The molecule has 2 nitrogen and oxygen atoms in total. The lowest BCUT2D eigenvalue weighted by atomic mass is 10.0. The summed E-state index contributed by atoms with van der Waals surface area (Å²) in [5.74, 6) is -0.946. The molecule has 1 aliphatic rings. The molecular formula is C17H18F2N2. The summed E-state index contributed by atoms with van der Waals surface area (Å²) in [6.45, 7) is 2.19. The number of pyridine rings is 1. The third kappa shape index (κ3) is 3.27. The van der Waals surface area contributed by atoms with E-state index in [1.807, 2.05) is 0 Å². The van der Waals surface area contributed by atoms with Gasteiger partial charge in [-0.1, -0.05) is 12.5 Å². The van der Waals surface area contributed by atoms with Crippen LogP contribution in [0.1, 0.15) is 24.8 Å². The maximum atomic E-state index is 14.3. The Hall–Kier alpha value is -1.81. The quantitative estimate of drug-likeness (QED) is 0.848. The van der Waals surface area contributed by atoms with Crippen molar-refractivity contribution in [3.8, 4) is 11.1 Å². The summed E-state index contributed by atoms with van der Waals surface area (Å²) < 4.78 is 28.5. The molecule has 0 atom stereocenters. The topological polar surface area (TPSA) is 16.1 Å². The Morgan fingerprint density at radius 1 is 1.00 bits per heavy atom. The van der Waals surface area contributed by atoms with E-state index in [4.69, 9.17) is 0 Å². The van der Waals surface area contributed by atoms with Crippen molar-refractivity contribution in [1.29, 1.82) is 0 Å². The largest absolute Gasteiger partial charge is 0.299 e. The summed E-state index contributed by atoms with van der Waals surface area (Å²) in [4.78, 5) is 6.10. The maximum Gasteiger partial charge on any atom is 0.131 e. The highest BCUT2D eigenvalue weighted by molar-refractivity contribution is 5.62. The highest BCUT2D eigenvalue weighted by atomic mass is 19.1. The van der Waals surface area contributed by atoms with Crippen molar-refractivity contribution < 1.29 is 8.78 Å². The van der Waals surface area contributed by atoms with Crippen LogP contribution in [0.15, 0.2) is 36.7 Å². The van der Waals surface area contributed by atoms with Gasteiger partial charge < -0.3 is 0 Å². The zero-order valence-electron chi connectivity index (χ0n) is 11.9. The van der Waals surface area contributed by atoms with Crippen LogP contribution in [-0.4, -0.2) is 23.0 Å². The molecule has 4 heteroatoms. The molecule has 0 N–H and O–H groups in total. The summed E-state index contributed by atoms with van der Waals surface area (Å²) in [7, 11) is 0. The normalized spacial score (nSPS) is 16.1. The van der Waals surface area contributed by atoms with E-state index in [1.54, 1.807) is 24.5 Å². The van der Waals surface area contributed by atoms with Gasteiger partial charge in [-0.15, -0.1) is 0 Å². The zero-order valence-corrected chi connectivity index (χ0v) is 11.9. The first-order valence-corrected chi connectivity index (χ1v) is 7.35. The van der Waals surface area contributed by atoms with Crippen LogP contribution in [0.5, 0.6) is 0 Å². The molecular weight excluding hydrogens is 270 g/mol. The van der Waals surface area contributed by atoms with Gasteiger partial charge in [-0.05, 0) is 49.7 Å². The minimum Gasteiger partial charge on any atom is -0.299 e. The fraction of sp³-hybridized carbons (Fsp3) is 0.353. The van der Waals surface area contributed by atoms with Gasteiger partial charge in [0.2, 0.25) is 0 Å². The highest BCUT2D eigenvalue weighted by Gasteiger charge is 2.17. The SMILES string of the molecule is Fc1cc(-c2cccnc2)cc(F)c1CN1CCCCC1. The van der Waals surface area contributed by atoms with Crippen LogP contribution >= 0.6 is 0 Å². The molecule has 110 valence electrons. The fourth-order valence-electron chi connectivity index (χ4n) is 2.80. The van der Waals surface area contributed by atoms with Crippen molar-refractivity contribution in [2.45, 2.75) is 25.8 Å². The van der Waals surface area contributed by atoms with Gasteiger partial charge >= 0.3 is 0 Å². The van der Waals surface area contributed by atoms with E-state index in [1.165, 1.54) is 18.6 Å². The van der Waals surface area contributed by atoms with Crippen LogP contribution < -0.4 is 0 Å². The minimum atomic E-state index is -0.473. The van der Waals surface area contributed by atoms with Crippen molar-refractivity contribution >= 4 is 0 Å². The molecule has 2 heterocycles. The van der Waals surface area contributed by atoms with Gasteiger partial charge in [-0.3, -0.25) is 9.88 Å². The lowest BCUT2D eigenvalue weighted by molar-refractivity contribution is 0.215. The van der Waals surface area contributed by atoms with Crippen LogP contribution in [0.25, 0.3) is 11.1 Å². The molecule has 0 spiro atoms. The predicted octanol–water partition coefficient (Wildman–Crippen LogP) is 4.01. The lowest BCUT2D eigenvalue weighted by Crippen LogP contribution is -2.29. The summed E-state index contributed by atoms with van der Waals surface area (Å²) in [6.07, 6.45) is 6.68. The molecule has 1 aliphatic heterocycles. The number of rotatable bonds is 3. The Morgan fingerprint density at radius 3 is 2.33 bits per heavy atom. The third-order valence-electron chi connectivity index (χ3n) is 3.97. The van der Waals surface area contributed by atoms with E-state index in [0.717, 1.165) is 31.5 Å². The third-order valence-corrected chi connectivity index (χ3v) is 3.97. The van der Waals surface area contributed by atoms with Crippen LogP contribution in [0.4, 0.5) is 8.78 Å². The Labute approximate surface area is 123 Å². The molecule has 1 aromatic carbocycles. The number of nitrogens with zero attached hydrogens (tertiary/aromatic N) is 2. The number of halogens is 2. The molecule has 0 aliphatic carbocycles. The number of hydrogen-bond donors (Lipinski definition) is 0. The predicted molar refractivity (Wildman–Crippen MR) is 78.7 cm³/mol. The monoisotopic (exact) mass is 288 g/mol. The molecule has 0 saturated carbocycles. The molecule has 1 saturated heterocycles. The van der Waals surface area contributed by atoms with Crippen molar-refractivity contribution in [2.75, 3.05) is 13.1 Å². The summed E-state index contributed by atoms with van der Waals surface area (Å²) >= 11 is 0. The molecule has 2 aromatic rings. The number of hydrogen-bond acceptors (Lipinski definition) is 2. The fourth-order valence-corrected chi connectivity index (χ4v) is 2.80. The molecule has 21 heavy (non-hydrogen) atoms. The van der Waals surface area contributed by atoms with Crippen LogP contribution in [0.3, 0.4) is 0 Å². The van der Waals surface area contributed by atoms with Crippen molar-refractivity contribution in [2.24, 2.45) is 0 Å². The maximum absolute atomic E-state index is 14.3. The van der Waals surface area contributed by atoms with Gasteiger partial charge in [0.25, 0.3) is 0 Å². The van der Waals surface area contributed by atoms with Gasteiger partial charge in [0, 0.05) is 30.1 Å². The Kier molecular flexibility index (Phi) is 4.25. The Balaban J connectivity index is 1.86. The number of piperidine rings is 1. The van der Waals surface area contributed by atoms with Crippen LogP contribution in [0, 0.1) is 11.6 Å². The number of benzene rings is 1. The van der Waals surface area contributed by atoms with Crippen LogP contribution in [0.2, 0.25) is 0 Å². The molecule has 3 rings (SSSR count). The number of likely N-dealkylation sites (tertiary alicyclic amines) is 1. The second-order valence-electron chi connectivity index (χ2n) is 5.50. The molecule has 0 bridgehead atoms. The van der Waals surface area contributed by atoms with E-state index >= 15 is 0 Å². The highest BCUT2D eigenvalue weighted by Crippen LogP contribution is 2.25. The Morgan fingerprint density at radius 2 is 1.71 bits per heavy atom. The van der Waals surface area contributed by atoms with E-state index in [2.05, 4.69) is 9.88 Å². The van der Waals surface area contributed by atoms with Gasteiger partial charge in [0.1, 0.15) is 11.6 Å². The summed E-state index contributed by atoms with van der Waals surface area (Å²) in [5, 5.41) is 0. The zero-order chi connectivity index (χ0) is 14.7. The first-order valence-electron chi connectivity index (χ1n) is 7.35. The second-order valence-corrected chi connectivity index (χ2v) is 5.50. The first-order chi connectivity index (χ1) is 10.2. The van der Waals surface area contributed by atoms with Crippen molar-refractivity contribution in [3.63, 3.8) is 0 Å². The molecule has 1 aromatic heterocycles. The van der Waals surface area contributed by atoms with Crippen LogP contribution in [-0.2, 0) is 6.54 Å². The van der Waals surface area contributed by atoms with Crippen molar-refractivity contribution in [1.82, 2.24) is 9.88 Å². The van der Waals surface area contributed by atoms with E-state index in [0.29, 0.717) is 12.1 Å². The van der Waals surface area contributed by atoms with E-state index in [-0.39, 0.29) is 5.56 Å². The summed E-state index contributed by atoms with van der Waals surface area (Å²) in [6, 6.07) is 6.36. The Bertz CT molecular complexity index is 584. The smallest absolute Gasteiger partial charge is 0.131 e. The van der Waals surface area contributed by atoms with Gasteiger partial charge in [-0.2, -0.15) is 0 Å². The average molecular weight is 288 g/mol. The van der Waals surface area contributed by atoms with Gasteiger partial charge in [0.15, 0.2) is 0 Å². The summed E-state index contributed by atoms with van der Waals surface area (Å²) in [5.41, 5.74) is 1.42. The average Bonchev–Trinajstić information content (AvgIpc) is 2.52. The standard InChI is InChI=1S/C17H18F2N2/c18-16-9-14(13-5-4-6-20-11-13)10-17(19)15(16)12-21-7-2-1-3-8-21/h4-6,9-11H,1-3,7-8,12H2.